The molecule has 1 aliphatic rings. The van der Waals surface area contributed by atoms with Crippen molar-refractivity contribution in [2.75, 3.05) is 19.6 Å². The Hall–Kier alpha value is -0.280. The van der Waals surface area contributed by atoms with Gasteiger partial charge in [0.25, 0.3) is 0 Å². The summed E-state index contributed by atoms with van der Waals surface area (Å²) in [4.78, 5) is 2.53. The van der Waals surface area contributed by atoms with E-state index in [0.717, 1.165) is 19.5 Å². The lowest BCUT2D eigenvalue weighted by Gasteiger charge is -2.14. The van der Waals surface area contributed by atoms with Crippen LogP contribution >= 0.6 is 24.8 Å². The van der Waals surface area contributed by atoms with E-state index in [1.165, 1.54) is 37.1 Å². The average molecular weight is 277 g/mol. The first-order valence-electron chi connectivity index (χ1n) is 5.89. The Bertz CT molecular complexity index is 295. The van der Waals surface area contributed by atoms with E-state index in [1.54, 1.807) is 0 Å². The van der Waals surface area contributed by atoms with Gasteiger partial charge in [0.05, 0.1) is 0 Å². The fourth-order valence-corrected chi connectivity index (χ4v) is 2.18. The zero-order valence-corrected chi connectivity index (χ0v) is 11.7. The molecule has 2 N–H and O–H groups in total. The molecule has 1 heterocycles. The minimum Gasteiger partial charge on any atom is -0.330 e. The molecule has 0 amide bonds. The predicted molar refractivity (Wildman–Crippen MR) is 78.2 cm³/mol. The lowest BCUT2D eigenvalue weighted by atomic mass is 10.1. The Morgan fingerprint density at radius 1 is 0.941 bits per heavy atom. The van der Waals surface area contributed by atoms with Crippen molar-refractivity contribution in [3.63, 3.8) is 0 Å². The molecule has 0 aliphatic carbocycles. The summed E-state index contributed by atoms with van der Waals surface area (Å²) < 4.78 is 0. The van der Waals surface area contributed by atoms with Crippen LogP contribution in [0.25, 0.3) is 0 Å². The molecule has 0 unspecified atom stereocenters. The Morgan fingerprint density at radius 3 is 2.00 bits per heavy atom. The van der Waals surface area contributed by atoms with Crippen LogP contribution in [0, 0.1) is 0 Å². The van der Waals surface area contributed by atoms with Gasteiger partial charge in [-0.25, -0.2) is 0 Å². The van der Waals surface area contributed by atoms with Gasteiger partial charge in [-0.3, -0.25) is 4.90 Å². The monoisotopic (exact) mass is 276 g/mol. The second kappa shape index (κ2) is 8.76. The molecule has 0 atom stereocenters. The first-order valence-corrected chi connectivity index (χ1v) is 5.89. The first kappa shape index (κ1) is 16.7. The topological polar surface area (TPSA) is 29.3 Å². The summed E-state index contributed by atoms with van der Waals surface area (Å²) in [6.45, 7) is 4.39. The van der Waals surface area contributed by atoms with Crippen molar-refractivity contribution < 1.29 is 0 Å². The maximum absolute atomic E-state index is 5.52. The van der Waals surface area contributed by atoms with Crippen LogP contribution in [-0.4, -0.2) is 24.5 Å². The third-order valence-corrected chi connectivity index (χ3v) is 3.06. The van der Waals surface area contributed by atoms with E-state index in [1.807, 2.05) is 0 Å². The number of nitrogens with zero attached hydrogens (tertiary/aromatic N) is 1. The third kappa shape index (κ3) is 5.26. The molecule has 0 aromatic heterocycles. The van der Waals surface area contributed by atoms with Crippen LogP contribution in [0.15, 0.2) is 24.3 Å². The SMILES string of the molecule is Cl.Cl.NCCc1ccc(CN2CCCC2)cc1. The van der Waals surface area contributed by atoms with Crippen LogP contribution in [0.5, 0.6) is 0 Å². The van der Waals surface area contributed by atoms with E-state index in [-0.39, 0.29) is 24.8 Å². The van der Waals surface area contributed by atoms with E-state index in [4.69, 9.17) is 5.73 Å². The molecule has 17 heavy (non-hydrogen) atoms. The van der Waals surface area contributed by atoms with Crippen molar-refractivity contribution >= 4 is 24.8 Å². The third-order valence-electron chi connectivity index (χ3n) is 3.06. The molecule has 1 aromatic rings. The van der Waals surface area contributed by atoms with Crippen molar-refractivity contribution in [3.05, 3.63) is 35.4 Å². The lowest BCUT2D eigenvalue weighted by Crippen LogP contribution is -2.18. The van der Waals surface area contributed by atoms with Crippen molar-refractivity contribution in [1.82, 2.24) is 4.90 Å². The van der Waals surface area contributed by atoms with E-state index in [2.05, 4.69) is 29.2 Å². The highest BCUT2D eigenvalue weighted by atomic mass is 35.5. The first-order chi connectivity index (χ1) is 7.38. The Morgan fingerprint density at radius 2 is 1.47 bits per heavy atom. The second-order valence-corrected chi connectivity index (χ2v) is 4.34. The van der Waals surface area contributed by atoms with E-state index >= 15 is 0 Å². The quantitative estimate of drug-likeness (QED) is 0.916. The number of rotatable bonds is 4. The van der Waals surface area contributed by atoms with Crippen LogP contribution in [0.1, 0.15) is 24.0 Å². The van der Waals surface area contributed by atoms with Gasteiger partial charge in [0.15, 0.2) is 0 Å². The second-order valence-electron chi connectivity index (χ2n) is 4.34. The summed E-state index contributed by atoms with van der Waals surface area (Å²) >= 11 is 0. The predicted octanol–water partition coefficient (Wildman–Crippen LogP) is 2.63. The zero-order valence-electron chi connectivity index (χ0n) is 10.1. The van der Waals surface area contributed by atoms with Gasteiger partial charge in [-0.1, -0.05) is 24.3 Å². The minimum absolute atomic E-state index is 0. The summed E-state index contributed by atoms with van der Waals surface area (Å²) in [7, 11) is 0. The van der Waals surface area contributed by atoms with Crippen LogP contribution in [0.2, 0.25) is 0 Å². The average Bonchev–Trinajstić information content (AvgIpc) is 2.74. The molecule has 1 fully saturated rings. The van der Waals surface area contributed by atoms with Crippen LogP contribution in [0.3, 0.4) is 0 Å². The highest BCUT2D eigenvalue weighted by molar-refractivity contribution is 5.85. The molecule has 1 aliphatic heterocycles. The van der Waals surface area contributed by atoms with Gasteiger partial charge in [0.2, 0.25) is 0 Å². The van der Waals surface area contributed by atoms with Crippen LogP contribution in [0.4, 0.5) is 0 Å². The number of benzene rings is 1. The smallest absolute Gasteiger partial charge is 0.0233 e. The number of nitrogens with two attached hydrogens (primary N) is 1. The standard InChI is InChI=1S/C13H20N2.2ClH/c14-8-7-12-3-5-13(6-4-12)11-15-9-1-2-10-15;;/h3-6H,1-2,7-11,14H2;2*1H. The van der Waals surface area contributed by atoms with Gasteiger partial charge >= 0.3 is 0 Å². The van der Waals surface area contributed by atoms with Gasteiger partial charge in [-0.2, -0.15) is 0 Å². The van der Waals surface area contributed by atoms with E-state index < -0.39 is 0 Å². The van der Waals surface area contributed by atoms with Crippen molar-refractivity contribution in [2.24, 2.45) is 5.73 Å². The maximum Gasteiger partial charge on any atom is 0.0233 e. The summed E-state index contributed by atoms with van der Waals surface area (Å²) in [5.41, 5.74) is 8.30. The fourth-order valence-electron chi connectivity index (χ4n) is 2.18. The summed E-state index contributed by atoms with van der Waals surface area (Å²) in [5, 5.41) is 0. The fraction of sp³-hybridized carbons (Fsp3) is 0.538. The highest BCUT2D eigenvalue weighted by Crippen LogP contribution is 2.13. The van der Waals surface area contributed by atoms with E-state index in [9.17, 15) is 0 Å². The Kier molecular flexibility index (Phi) is 8.61. The van der Waals surface area contributed by atoms with Crippen molar-refractivity contribution in [2.45, 2.75) is 25.8 Å². The molecule has 0 radical (unpaired) electrons. The molecule has 2 nitrogen and oxygen atoms in total. The molecular formula is C13H22Cl2N2. The summed E-state index contributed by atoms with van der Waals surface area (Å²) in [6.07, 6.45) is 3.72. The molecular weight excluding hydrogens is 255 g/mol. The molecule has 4 heteroatoms. The largest absolute Gasteiger partial charge is 0.330 e. The molecule has 2 rings (SSSR count). The van der Waals surface area contributed by atoms with Crippen molar-refractivity contribution in [3.8, 4) is 0 Å². The molecule has 0 saturated carbocycles. The van der Waals surface area contributed by atoms with E-state index in [0.29, 0.717) is 0 Å². The maximum atomic E-state index is 5.52. The van der Waals surface area contributed by atoms with Crippen LogP contribution in [-0.2, 0) is 13.0 Å². The number of likely N-dealkylation sites (tertiary alicyclic amines) is 1. The molecule has 98 valence electrons. The molecule has 0 bridgehead atoms. The van der Waals surface area contributed by atoms with Crippen molar-refractivity contribution in [1.29, 1.82) is 0 Å². The molecule has 1 saturated heterocycles. The normalized spacial score (nSPS) is 15.1. The lowest BCUT2D eigenvalue weighted by molar-refractivity contribution is 0.331. The number of halogens is 2. The Labute approximate surface area is 116 Å². The van der Waals surface area contributed by atoms with Gasteiger partial charge in [-0.15, -0.1) is 24.8 Å². The molecule has 1 aromatic carbocycles. The summed E-state index contributed by atoms with van der Waals surface area (Å²) in [6, 6.07) is 8.89. The van der Waals surface area contributed by atoms with Gasteiger partial charge in [0, 0.05) is 6.54 Å². The highest BCUT2D eigenvalue weighted by Gasteiger charge is 2.11. The number of hydrogen-bond donors (Lipinski definition) is 1. The van der Waals surface area contributed by atoms with Gasteiger partial charge in [-0.05, 0) is 50.0 Å². The minimum atomic E-state index is 0. The summed E-state index contributed by atoms with van der Waals surface area (Å²) in [5.74, 6) is 0. The van der Waals surface area contributed by atoms with Crippen LogP contribution < -0.4 is 5.73 Å². The zero-order chi connectivity index (χ0) is 10.5. The van der Waals surface area contributed by atoms with Gasteiger partial charge in [0.1, 0.15) is 0 Å². The molecule has 0 spiro atoms. The Balaban J connectivity index is 0.00000128. The number of hydrogen-bond acceptors (Lipinski definition) is 2. The van der Waals surface area contributed by atoms with Gasteiger partial charge < -0.3 is 5.73 Å².